The Morgan fingerprint density at radius 2 is 2.00 bits per heavy atom. The van der Waals surface area contributed by atoms with Gasteiger partial charge in [-0.1, -0.05) is 13.8 Å². The third kappa shape index (κ3) is 4.64. The number of carbonyl (C=O) groups is 1. The van der Waals surface area contributed by atoms with Gasteiger partial charge in [0.05, 0.1) is 12.2 Å². The maximum absolute atomic E-state index is 12.3. The van der Waals surface area contributed by atoms with Crippen molar-refractivity contribution in [2.45, 2.75) is 58.1 Å². The van der Waals surface area contributed by atoms with Crippen LogP contribution in [0.4, 0.5) is 0 Å². The zero-order chi connectivity index (χ0) is 16.1. The molecule has 124 valence electrons. The molecule has 1 rings (SSSR count). The number of rotatable bonds is 8. The molecule has 0 spiro atoms. The van der Waals surface area contributed by atoms with Gasteiger partial charge in [0.2, 0.25) is 0 Å². The first-order valence-electron chi connectivity index (χ1n) is 7.45. The summed E-state index contributed by atoms with van der Waals surface area (Å²) in [4.78, 5) is 11.8. The average Bonchev–Trinajstić information content (AvgIpc) is 2.95. The number of esters is 1. The maximum Gasteiger partial charge on any atom is 0.324 e. The van der Waals surface area contributed by atoms with Crippen LogP contribution in [0, 0.1) is 0 Å². The lowest BCUT2D eigenvalue weighted by molar-refractivity contribution is -0.146. The quantitative estimate of drug-likeness (QED) is 0.631. The van der Waals surface area contributed by atoms with Gasteiger partial charge in [-0.25, -0.2) is 0 Å². The van der Waals surface area contributed by atoms with E-state index >= 15 is 0 Å². The predicted octanol–water partition coefficient (Wildman–Crippen LogP) is 0.399. The summed E-state index contributed by atoms with van der Waals surface area (Å²) in [5, 5.41) is 10.2. The molecule has 2 N–H and O–H groups in total. The van der Waals surface area contributed by atoms with Gasteiger partial charge in [-0.15, -0.1) is 0 Å². The van der Waals surface area contributed by atoms with Gasteiger partial charge in [0.1, 0.15) is 6.04 Å². The lowest BCUT2D eigenvalue weighted by atomic mass is 9.98. The zero-order valence-electron chi connectivity index (χ0n) is 13.0. The largest absolute Gasteiger partial charge is 0.465 e. The highest BCUT2D eigenvalue weighted by molar-refractivity contribution is 7.87. The maximum atomic E-state index is 12.3. The minimum atomic E-state index is -3.80. The SMILES string of the molecule is CCOC(=O)C1CCCN1S(=O)(=O)NCC(O)(CC)CC. The molecule has 0 aromatic carbocycles. The van der Waals surface area contributed by atoms with Crippen molar-refractivity contribution in [3.05, 3.63) is 0 Å². The normalized spacial score (nSPS) is 20.7. The third-order valence-corrected chi connectivity index (χ3v) is 5.53. The molecule has 1 aliphatic rings. The topological polar surface area (TPSA) is 95.9 Å². The molecule has 0 saturated carbocycles. The van der Waals surface area contributed by atoms with E-state index < -0.39 is 27.8 Å². The predicted molar refractivity (Wildman–Crippen MR) is 78.8 cm³/mol. The fourth-order valence-corrected chi connectivity index (χ4v) is 3.82. The van der Waals surface area contributed by atoms with Crippen molar-refractivity contribution in [1.29, 1.82) is 0 Å². The van der Waals surface area contributed by atoms with Gasteiger partial charge >= 0.3 is 5.97 Å². The Bertz CT molecular complexity index is 447. The molecule has 0 aromatic rings. The van der Waals surface area contributed by atoms with Crippen LogP contribution in [0.5, 0.6) is 0 Å². The molecule has 7 nitrogen and oxygen atoms in total. The second-order valence-corrected chi connectivity index (χ2v) is 6.99. The highest BCUT2D eigenvalue weighted by Crippen LogP contribution is 2.22. The van der Waals surface area contributed by atoms with Gasteiger partial charge in [0.15, 0.2) is 0 Å². The lowest BCUT2D eigenvalue weighted by Crippen LogP contribution is -2.51. The standard InChI is InChI=1S/C13H26N2O5S/c1-4-13(17,5-2)10-14-21(18,19)15-9-7-8-11(15)12(16)20-6-3/h11,14,17H,4-10H2,1-3H3. The van der Waals surface area contributed by atoms with Crippen molar-refractivity contribution in [3.8, 4) is 0 Å². The van der Waals surface area contributed by atoms with Gasteiger partial charge in [0, 0.05) is 13.1 Å². The van der Waals surface area contributed by atoms with Crippen LogP contribution in [0.2, 0.25) is 0 Å². The van der Waals surface area contributed by atoms with E-state index in [0.717, 1.165) is 4.31 Å². The molecule has 0 aromatic heterocycles. The van der Waals surface area contributed by atoms with Crippen molar-refractivity contribution in [3.63, 3.8) is 0 Å². The lowest BCUT2D eigenvalue weighted by Gasteiger charge is -2.28. The van der Waals surface area contributed by atoms with E-state index in [4.69, 9.17) is 4.74 Å². The van der Waals surface area contributed by atoms with Crippen LogP contribution in [0.15, 0.2) is 0 Å². The molecule has 0 amide bonds. The third-order valence-electron chi connectivity index (χ3n) is 3.97. The molecule has 0 aliphatic carbocycles. The number of nitrogens with one attached hydrogen (secondary N) is 1. The Labute approximate surface area is 126 Å². The van der Waals surface area contributed by atoms with E-state index in [1.807, 2.05) is 0 Å². The van der Waals surface area contributed by atoms with E-state index in [9.17, 15) is 18.3 Å². The number of nitrogens with zero attached hydrogens (tertiary/aromatic N) is 1. The molecular weight excluding hydrogens is 296 g/mol. The number of hydrogen-bond donors (Lipinski definition) is 2. The molecule has 8 heteroatoms. The molecule has 1 saturated heterocycles. The molecule has 1 heterocycles. The minimum Gasteiger partial charge on any atom is -0.465 e. The molecule has 0 bridgehead atoms. The molecule has 1 atom stereocenters. The van der Waals surface area contributed by atoms with Crippen LogP contribution in [-0.2, 0) is 19.7 Å². The van der Waals surface area contributed by atoms with E-state index in [2.05, 4.69) is 4.72 Å². The van der Waals surface area contributed by atoms with Crippen molar-refractivity contribution in [2.75, 3.05) is 19.7 Å². The summed E-state index contributed by atoms with van der Waals surface area (Å²) in [7, 11) is -3.80. The summed E-state index contributed by atoms with van der Waals surface area (Å²) in [6, 6.07) is -0.765. The van der Waals surface area contributed by atoms with Gasteiger partial charge in [-0.2, -0.15) is 17.4 Å². The van der Waals surface area contributed by atoms with Gasteiger partial charge < -0.3 is 9.84 Å². The van der Waals surface area contributed by atoms with Gasteiger partial charge in [0.25, 0.3) is 10.2 Å². The van der Waals surface area contributed by atoms with E-state index in [1.165, 1.54) is 0 Å². The number of hydrogen-bond acceptors (Lipinski definition) is 5. The Morgan fingerprint density at radius 3 is 2.52 bits per heavy atom. The van der Waals surface area contributed by atoms with Crippen molar-refractivity contribution in [2.24, 2.45) is 0 Å². The Morgan fingerprint density at radius 1 is 1.38 bits per heavy atom. The number of ether oxygens (including phenoxy) is 1. The van der Waals surface area contributed by atoms with Crippen LogP contribution in [0.1, 0.15) is 46.5 Å². The fourth-order valence-electron chi connectivity index (χ4n) is 2.31. The van der Waals surface area contributed by atoms with Crippen molar-refractivity contribution >= 4 is 16.2 Å². The monoisotopic (exact) mass is 322 g/mol. The van der Waals surface area contributed by atoms with E-state index in [0.29, 0.717) is 25.7 Å². The zero-order valence-corrected chi connectivity index (χ0v) is 13.8. The van der Waals surface area contributed by atoms with Gasteiger partial charge in [-0.3, -0.25) is 4.79 Å². The average molecular weight is 322 g/mol. The van der Waals surface area contributed by atoms with Crippen LogP contribution in [0.25, 0.3) is 0 Å². The van der Waals surface area contributed by atoms with Crippen molar-refractivity contribution < 1.29 is 23.1 Å². The van der Waals surface area contributed by atoms with Gasteiger partial charge in [-0.05, 0) is 32.6 Å². The number of carbonyl (C=O) groups excluding carboxylic acids is 1. The fraction of sp³-hybridized carbons (Fsp3) is 0.923. The Balaban J connectivity index is 2.75. The molecule has 1 fully saturated rings. The summed E-state index contributed by atoms with van der Waals surface area (Å²) < 4.78 is 33.1. The highest BCUT2D eigenvalue weighted by atomic mass is 32.2. The summed E-state index contributed by atoms with van der Waals surface area (Å²) in [6.45, 7) is 5.74. The van der Waals surface area contributed by atoms with Crippen LogP contribution in [-0.4, -0.2) is 55.1 Å². The summed E-state index contributed by atoms with van der Waals surface area (Å²) in [5.41, 5.74) is -1.06. The second-order valence-electron chi connectivity index (χ2n) is 5.28. The molecule has 21 heavy (non-hydrogen) atoms. The number of aliphatic hydroxyl groups is 1. The second kappa shape index (κ2) is 7.53. The van der Waals surface area contributed by atoms with Crippen LogP contribution in [0.3, 0.4) is 0 Å². The Hall–Kier alpha value is -0.700. The first kappa shape index (κ1) is 18.3. The van der Waals surface area contributed by atoms with Crippen LogP contribution < -0.4 is 4.72 Å². The summed E-state index contributed by atoms with van der Waals surface area (Å²) in [6.07, 6.45) is 1.99. The van der Waals surface area contributed by atoms with E-state index in [1.54, 1.807) is 20.8 Å². The highest BCUT2D eigenvalue weighted by Gasteiger charge is 2.40. The first-order chi connectivity index (χ1) is 9.79. The molecule has 1 aliphatic heterocycles. The summed E-state index contributed by atoms with van der Waals surface area (Å²) in [5.74, 6) is -0.512. The van der Waals surface area contributed by atoms with Crippen LogP contribution >= 0.6 is 0 Å². The summed E-state index contributed by atoms with van der Waals surface area (Å²) >= 11 is 0. The minimum absolute atomic E-state index is 0.0611. The molecule has 0 radical (unpaired) electrons. The van der Waals surface area contributed by atoms with Crippen molar-refractivity contribution in [1.82, 2.24) is 9.03 Å². The molecule has 1 unspecified atom stereocenters. The smallest absolute Gasteiger partial charge is 0.324 e. The van der Waals surface area contributed by atoms with E-state index in [-0.39, 0.29) is 19.7 Å². The molecular formula is C13H26N2O5S. The Kier molecular flexibility index (Phi) is 6.58. The first-order valence-corrected chi connectivity index (χ1v) is 8.89.